The molecule has 0 bridgehead atoms. The second-order valence-electron chi connectivity index (χ2n) is 6.99. The maximum Gasteiger partial charge on any atom is 0.124 e. The minimum atomic E-state index is 0.566. The predicted octanol–water partition coefficient (Wildman–Crippen LogP) is 3.12. The molecule has 0 aliphatic carbocycles. The van der Waals surface area contributed by atoms with Crippen LogP contribution in [0.4, 0.5) is 5.82 Å². The van der Waals surface area contributed by atoms with Crippen LogP contribution in [0, 0.1) is 26.7 Å². The fourth-order valence-corrected chi connectivity index (χ4v) is 3.56. The van der Waals surface area contributed by atoms with Gasteiger partial charge >= 0.3 is 0 Å². The van der Waals surface area contributed by atoms with E-state index in [9.17, 15) is 0 Å². The van der Waals surface area contributed by atoms with Gasteiger partial charge in [-0.05, 0) is 44.0 Å². The number of anilines is 1. The van der Waals surface area contributed by atoms with Gasteiger partial charge in [-0.1, -0.05) is 6.07 Å². The van der Waals surface area contributed by atoms with Crippen molar-refractivity contribution in [1.29, 1.82) is 0 Å². The molecule has 0 radical (unpaired) electrons. The van der Waals surface area contributed by atoms with Crippen LogP contribution < -0.4 is 10.6 Å². The Kier molecular flexibility index (Phi) is 3.81. The summed E-state index contributed by atoms with van der Waals surface area (Å²) in [6.07, 6.45) is 0. The van der Waals surface area contributed by atoms with Gasteiger partial charge in [0.2, 0.25) is 0 Å². The molecule has 2 aromatic heterocycles. The van der Waals surface area contributed by atoms with Crippen molar-refractivity contribution in [1.82, 2.24) is 20.1 Å². The van der Waals surface area contributed by atoms with Crippen molar-refractivity contribution in [2.45, 2.75) is 33.9 Å². The van der Waals surface area contributed by atoms with Gasteiger partial charge in [-0.25, -0.2) is 4.68 Å². The molecule has 0 saturated heterocycles. The van der Waals surface area contributed by atoms with Gasteiger partial charge in [0.15, 0.2) is 0 Å². The van der Waals surface area contributed by atoms with Gasteiger partial charge in [0.1, 0.15) is 5.82 Å². The van der Waals surface area contributed by atoms with Crippen LogP contribution >= 0.6 is 0 Å². The van der Waals surface area contributed by atoms with Gasteiger partial charge in [-0.15, -0.1) is 0 Å². The molecule has 4 rings (SSSR count). The number of fused-ring (bicyclic) bond motifs is 2. The van der Waals surface area contributed by atoms with E-state index in [4.69, 9.17) is 0 Å². The van der Waals surface area contributed by atoms with Crippen molar-refractivity contribution in [2.75, 3.05) is 18.4 Å². The van der Waals surface area contributed by atoms with Crippen LogP contribution in [0.1, 0.15) is 22.5 Å². The summed E-state index contributed by atoms with van der Waals surface area (Å²) in [6, 6.07) is 8.81. The fraction of sp³-hybridized carbons (Fsp3) is 0.421. The van der Waals surface area contributed by atoms with Gasteiger partial charge in [0, 0.05) is 54.8 Å². The van der Waals surface area contributed by atoms with Crippen molar-refractivity contribution >= 4 is 16.7 Å². The predicted molar refractivity (Wildman–Crippen MR) is 98.4 cm³/mol. The van der Waals surface area contributed by atoms with E-state index >= 15 is 0 Å². The minimum Gasteiger partial charge on any atom is -0.370 e. The molecule has 1 aromatic carbocycles. The molecule has 0 amide bonds. The highest BCUT2D eigenvalue weighted by atomic mass is 15.3. The number of rotatable bonds is 4. The average Bonchev–Trinajstić information content (AvgIpc) is 3.07. The maximum absolute atomic E-state index is 4.54. The second kappa shape index (κ2) is 5.98. The summed E-state index contributed by atoms with van der Waals surface area (Å²) in [5, 5.41) is 13.0. The van der Waals surface area contributed by atoms with Crippen molar-refractivity contribution in [2.24, 2.45) is 5.92 Å². The lowest BCUT2D eigenvalue weighted by Gasteiger charge is -2.25. The average molecular weight is 323 g/mol. The normalized spacial score (nSPS) is 17.0. The van der Waals surface area contributed by atoms with E-state index in [-0.39, 0.29) is 0 Å². The molecule has 0 fully saturated rings. The Labute approximate surface area is 142 Å². The van der Waals surface area contributed by atoms with Crippen molar-refractivity contribution < 1.29 is 0 Å². The number of hydrogen-bond acceptors (Lipinski definition) is 3. The Hall–Kier alpha value is -2.27. The fourth-order valence-electron chi connectivity index (χ4n) is 3.56. The van der Waals surface area contributed by atoms with Crippen LogP contribution in [0.25, 0.3) is 10.9 Å². The highest BCUT2D eigenvalue weighted by molar-refractivity contribution is 5.84. The zero-order valence-corrected chi connectivity index (χ0v) is 14.6. The van der Waals surface area contributed by atoms with Crippen LogP contribution in [0.5, 0.6) is 0 Å². The lowest BCUT2D eigenvalue weighted by Crippen LogP contribution is -2.35. The van der Waals surface area contributed by atoms with E-state index in [1.807, 2.05) is 6.92 Å². The first kappa shape index (κ1) is 15.3. The van der Waals surface area contributed by atoms with Gasteiger partial charge in [-0.3, -0.25) is 0 Å². The molecule has 1 aliphatic heterocycles. The minimum absolute atomic E-state index is 0.566. The number of H-pyrrole nitrogens is 1. The number of aromatic nitrogens is 3. The Balaban J connectivity index is 1.37. The smallest absolute Gasteiger partial charge is 0.124 e. The Morgan fingerprint density at radius 1 is 1.25 bits per heavy atom. The second-order valence-corrected chi connectivity index (χ2v) is 6.99. The van der Waals surface area contributed by atoms with Gasteiger partial charge in [-0.2, -0.15) is 5.10 Å². The molecule has 1 unspecified atom stereocenters. The van der Waals surface area contributed by atoms with E-state index in [0.29, 0.717) is 5.92 Å². The monoisotopic (exact) mass is 323 g/mol. The van der Waals surface area contributed by atoms with E-state index in [0.717, 1.165) is 37.7 Å². The summed E-state index contributed by atoms with van der Waals surface area (Å²) in [4.78, 5) is 3.43. The zero-order chi connectivity index (χ0) is 16.7. The van der Waals surface area contributed by atoms with Crippen molar-refractivity contribution in [3.63, 3.8) is 0 Å². The number of aromatic amines is 1. The van der Waals surface area contributed by atoms with Crippen LogP contribution in [-0.2, 0) is 13.1 Å². The number of aryl methyl sites for hydroxylation is 3. The van der Waals surface area contributed by atoms with Crippen LogP contribution in [0.2, 0.25) is 0 Å². The van der Waals surface area contributed by atoms with Gasteiger partial charge < -0.3 is 15.6 Å². The molecular weight excluding hydrogens is 298 g/mol. The first-order valence-electron chi connectivity index (χ1n) is 8.67. The van der Waals surface area contributed by atoms with E-state index in [1.54, 1.807) is 0 Å². The molecule has 0 saturated carbocycles. The maximum atomic E-state index is 4.54. The molecule has 3 aromatic rings. The van der Waals surface area contributed by atoms with E-state index in [2.05, 4.69) is 63.5 Å². The first-order valence-corrected chi connectivity index (χ1v) is 8.67. The Bertz CT molecular complexity index is 873. The van der Waals surface area contributed by atoms with E-state index < -0.39 is 0 Å². The molecular formula is C19H25N5. The third-order valence-corrected chi connectivity index (χ3v) is 5.04. The lowest BCUT2D eigenvalue weighted by atomic mass is 10.1. The quantitative estimate of drug-likeness (QED) is 0.691. The zero-order valence-electron chi connectivity index (χ0n) is 14.6. The molecule has 126 valence electrons. The summed E-state index contributed by atoms with van der Waals surface area (Å²) in [6.45, 7) is 10.2. The van der Waals surface area contributed by atoms with Gasteiger partial charge in [0.25, 0.3) is 0 Å². The van der Waals surface area contributed by atoms with Crippen LogP contribution in [0.3, 0.4) is 0 Å². The highest BCUT2D eigenvalue weighted by Crippen LogP contribution is 2.22. The number of benzene rings is 1. The molecule has 24 heavy (non-hydrogen) atoms. The van der Waals surface area contributed by atoms with E-state index in [1.165, 1.54) is 27.7 Å². The summed E-state index contributed by atoms with van der Waals surface area (Å²) in [5.74, 6) is 1.71. The summed E-state index contributed by atoms with van der Waals surface area (Å²) in [5.41, 5.74) is 6.26. The topological polar surface area (TPSA) is 57.7 Å². The SMILES string of the molecule is Cc1cc2n(n1)CC(CNCc1ccc3[nH]c(C)c(C)c3c1)CN2. The third-order valence-electron chi connectivity index (χ3n) is 5.04. The number of nitrogens with zero attached hydrogens (tertiary/aromatic N) is 2. The largest absolute Gasteiger partial charge is 0.370 e. The molecule has 1 aliphatic rings. The van der Waals surface area contributed by atoms with Gasteiger partial charge in [0.05, 0.1) is 5.69 Å². The van der Waals surface area contributed by atoms with Crippen LogP contribution in [-0.4, -0.2) is 27.9 Å². The van der Waals surface area contributed by atoms with Crippen LogP contribution in [0.15, 0.2) is 24.3 Å². The molecule has 5 heteroatoms. The summed E-state index contributed by atoms with van der Waals surface area (Å²) >= 11 is 0. The summed E-state index contributed by atoms with van der Waals surface area (Å²) in [7, 11) is 0. The standard InChI is InChI=1S/C19H25N5/c1-12-6-19-21-10-16(11-24(19)23-12)9-20-8-15-4-5-18-17(7-15)13(2)14(3)22-18/h4-7,16,20-22H,8-11H2,1-3H3. The Morgan fingerprint density at radius 3 is 3.00 bits per heavy atom. The lowest BCUT2D eigenvalue weighted by molar-refractivity contribution is 0.390. The number of nitrogens with one attached hydrogen (secondary N) is 3. The molecule has 5 nitrogen and oxygen atoms in total. The first-order chi connectivity index (χ1) is 11.6. The van der Waals surface area contributed by atoms with Crippen molar-refractivity contribution in [3.05, 3.63) is 46.8 Å². The molecule has 1 atom stereocenters. The molecule has 3 N–H and O–H groups in total. The van der Waals surface area contributed by atoms with Crippen molar-refractivity contribution in [3.8, 4) is 0 Å². The molecule has 3 heterocycles. The summed E-state index contributed by atoms with van der Waals surface area (Å²) < 4.78 is 2.09. The number of hydrogen-bond donors (Lipinski definition) is 3. The highest BCUT2D eigenvalue weighted by Gasteiger charge is 2.18. The third kappa shape index (κ3) is 2.80. The Morgan fingerprint density at radius 2 is 2.12 bits per heavy atom. The molecule has 0 spiro atoms.